The van der Waals surface area contributed by atoms with E-state index in [-0.39, 0.29) is 0 Å². The molecule has 0 fully saturated rings. The van der Waals surface area contributed by atoms with E-state index in [0.29, 0.717) is 17.5 Å². The molecule has 0 atom stereocenters. The van der Waals surface area contributed by atoms with Gasteiger partial charge < -0.3 is 4.57 Å². The zero-order valence-electron chi connectivity index (χ0n) is 35.6. The van der Waals surface area contributed by atoms with Crippen molar-refractivity contribution in [3.63, 3.8) is 0 Å². The SMILES string of the molecule is CP(C)(=O)c1cccc(-c2cccc(-c3nc(-c4ccccc4)nc(-c4ccc(-c5cc(-c6ccccc6)c(-c6ccccc6)c(-c6ccccc6)c5-c5ccccc5)cc4)n3)c2)c1. The van der Waals surface area contributed by atoms with Crippen molar-refractivity contribution in [2.75, 3.05) is 13.3 Å². The number of hydrogen-bond acceptors (Lipinski definition) is 4. The molecule has 10 aromatic rings. The minimum absolute atomic E-state index is 0.574. The maximum atomic E-state index is 13.0. The van der Waals surface area contributed by atoms with Gasteiger partial charge in [0.05, 0.1) is 0 Å². The van der Waals surface area contributed by atoms with Crippen molar-refractivity contribution in [3.05, 3.63) is 231 Å². The highest BCUT2D eigenvalue weighted by Crippen LogP contribution is 2.50. The van der Waals surface area contributed by atoms with Crippen LogP contribution in [0.4, 0.5) is 0 Å². The Hall–Kier alpha value is -7.78. The lowest BCUT2D eigenvalue weighted by molar-refractivity contribution is 0.588. The van der Waals surface area contributed by atoms with Crippen LogP contribution in [-0.2, 0) is 4.57 Å². The van der Waals surface area contributed by atoms with Crippen LogP contribution in [0.3, 0.4) is 0 Å². The smallest absolute Gasteiger partial charge is 0.164 e. The van der Waals surface area contributed by atoms with Crippen LogP contribution >= 0.6 is 7.14 Å². The third-order valence-electron chi connectivity index (χ3n) is 11.6. The highest BCUT2D eigenvalue weighted by atomic mass is 31.2. The molecule has 0 saturated heterocycles. The van der Waals surface area contributed by atoms with Crippen LogP contribution in [0, 0.1) is 0 Å². The molecule has 1 aromatic heterocycles. The summed E-state index contributed by atoms with van der Waals surface area (Å²) in [5, 5.41) is 0.850. The molecule has 0 aliphatic carbocycles. The number of rotatable bonds is 10. The van der Waals surface area contributed by atoms with Gasteiger partial charge in [-0.2, -0.15) is 0 Å². The summed E-state index contributed by atoms with van der Waals surface area (Å²) in [7, 11) is -2.44. The monoisotopic (exact) mass is 841 g/mol. The molecule has 0 bridgehead atoms. The Kier molecular flexibility index (Phi) is 11.0. The first-order valence-electron chi connectivity index (χ1n) is 21.5. The third kappa shape index (κ3) is 8.28. The van der Waals surface area contributed by atoms with E-state index >= 15 is 0 Å². The number of aromatic nitrogens is 3. The van der Waals surface area contributed by atoms with Gasteiger partial charge >= 0.3 is 0 Å². The largest absolute Gasteiger partial charge is 0.319 e. The highest BCUT2D eigenvalue weighted by Gasteiger charge is 2.24. The van der Waals surface area contributed by atoms with Crippen molar-refractivity contribution >= 4 is 12.4 Å². The van der Waals surface area contributed by atoms with Crippen LogP contribution in [0.1, 0.15) is 0 Å². The first-order chi connectivity index (χ1) is 31.4. The topological polar surface area (TPSA) is 55.7 Å². The molecule has 5 heteroatoms. The summed E-state index contributed by atoms with van der Waals surface area (Å²) in [5.74, 6) is 1.75. The van der Waals surface area contributed by atoms with Gasteiger partial charge in [-0.1, -0.05) is 212 Å². The van der Waals surface area contributed by atoms with E-state index in [1.807, 2.05) is 60.7 Å². The van der Waals surface area contributed by atoms with Gasteiger partial charge in [0.15, 0.2) is 17.5 Å². The minimum atomic E-state index is -2.44. The molecule has 10 rings (SSSR count). The van der Waals surface area contributed by atoms with Gasteiger partial charge in [0, 0.05) is 22.0 Å². The van der Waals surface area contributed by atoms with E-state index in [9.17, 15) is 4.57 Å². The quantitative estimate of drug-likeness (QED) is 0.129. The average Bonchev–Trinajstić information content (AvgIpc) is 3.37. The lowest BCUT2D eigenvalue weighted by Gasteiger charge is -2.24. The Bertz CT molecular complexity index is 3280. The summed E-state index contributed by atoms with van der Waals surface area (Å²) >= 11 is 0. The Morgan fingerprint density at radius 2 is 0.609 bits per heavy atom. The summed E-state index contributed by atoms with van der Waals surface area (Å²) < 4.78 is 13.0. The molecule has 0 aliphatic rings. The van der Waals surface area contributed by atoms with E-state index in [1.165, 1.54) is 11.1 Å². The second kappa shape index (κ2) is 17.5. The molecule has 0 spiro atoms. The molecule has 0 N–H and O–H groups in total. The Labute approximate surface area is 375 Å². The fourth-order valence-corrected chi connectivity index (χ4v) is 9.36. The van der Waals surface area contributed by atoms with E-state index in [2.05, 4.69) is 170 Å². The first-order valence-corrected chi connectivity index (χ1v) is 24.1. The van der Waals surface area contributed by atoms with Gasteiger partial charge in [-0.3, -0.25) is 0 Å². The first kappa shape index (κ1) is 40.3. The maximum Gasteiger partial charge on any atom is 0.164 e. The summed E-state index contributed by atoms with van der Waals surface area (Å²) in [6.45, 7) is 3.61. The fourth-order valence-electron chi connectivity index (χ4n) is 8.47. The molecule has 0 aliphatic heterocycles. The number of hydrogen-bond donors (Lipinski definition) is 0. The van der Waals surface area contributed by atoms with E-state index in [4.69, 9.17) is 15.0 Å². The molecule has 9 aromatic carbocycles. The number of nitrogens with zero attached hydrogens (tertiary/aromatic N) is 3. The Morgan fingerprint density at radius 1 is 0.281 bits per heavy atom. The van der Waals surface area contributed by atoms with E-state index in [1.54, 1.807) is 13.3 Å². The third-order valence-corrected chi connectivity index (χ3v) is 13.2. The Morgan fingerprint density at radius 3 is 1.09 bits per heavy atom. The zero-order chi connectivity index (χ0) is 43.5. The Balaban J connectivity index is 1.15. The van der Waals surface area contributed by atoms with Gasteiger partial charge in [0.1, 0.15) is 7.14 Å². The summed E-state index contributed by atoms with van der Waals surface area (Å²) in [6, 6.07) is 80.3. The molecule has 0 radical (unpaired) electrons. The van der Waals surface area contributed by atoms with Gasteiger partial charge in [-0.05, 0) is 98.3 Å². The van der Waals surface area contributed by atoms with Crippen molar-refractivity contribution in [1.82, 2.24) is 15.0 Å². The van der Waals surface area contributed by atoms with Crippen LogP contribution in [0.25, 0.3) is 101 Å². The molecule has 0 unspecified atom stereocenters. The summed E-state index contributed by atoms with van der Waals surface area (Å²) in [6.07, 6.45) is 0. The van der Waals surface area contributed by atoms with Crippen LogP contribution in [0.15, 0.2) is 231 Å². The maximum absolute atomic E-state index is 13.0. The molecule has 0 saturated carbocycles. The number of benzene rings is 9. The van der Waals surface area contributed by atoms with Gasteiger partial charge in [0.2, 0.25) is 0 Å². The minimum Gasteiger partial charge on any atom is -0.319 e. The second-order valence-electron chi connectivity index (χ2n) is 16.3. The van der Waals surface area contributed by atoms with Crippen molar-refractivity contribution < 1.29 is 4.57 Å². The second-order valence-corrected chi connectivity index (χ2v) is 19.5. The zero-order valence-corrected chi connectivity index (χ0v) is 36.5. The molecule has 1 heterocycles. The fraction of sp³-hybridized carbons (Fsp3) is 0.0339. The standard InChI is InChI=1S/C59H44N3OP/c1-64(2,63)51-33-19-31-49(39-51)48-30-18-32-50(38-48)59-61-57(46-28-16-7-17-29-46)60-58(62-59)47-36-34-42(35-37-47)53-40-52(41-20-8-3-9-21-41)54(43-22-10-4-11-23-43)56(45-26-14-6-15-27-45)55(53)44-24-12-5-13-25-44/h3-40H,1-2H3. The van der Waals surface area contributed by atoms with Crippen molar-refractivity contribution in [3.8, 4) is 101 Å². The van der Waals surface area contributed by atoms with Crippen LogP contribution in [-0.4, -0.2) is 28.3 Å². The van der Waals surface area contributed by atoms with E-state index < -0.39 is 7.14 Å². The van der Waals surface area contributed by atoms with Gasteiger partial charge in [-0.25, -0.2) is 15.0 Å². The highest BCUT2D eigenvalue weighted by molar-refractivity contribution is 7.70. The van der Waals surface area contributed by atoms with Crippen LogP contribution in [0.2, 0.25) is 0 Å². The van der Waals surface area contributed by atoms with E-state index in [0.717, 1.165) is 77.6 Å². The lowest BCUT2D eigenvalue weighted by atomic mass is 9.79. The molecule has 4 nitrogen and oxygen atoms in total. The predicted molar refractivity (Wildman–Crippen MR) is 268 cm³/mol. The molecule has 0 amide bonds. The van der Waals surface area contributed by atoms with Gasteiger partial charge in [0.25, 0.3) is 0 Å². The van der Waals surface area contributed by atoms with Crippen molar-refractivity contribution in [2.45, 2.75) is 0 Å². The molecule has 306 valence electrons. The van der Waals surface area contributed by atoms with Crippen LogP contribution < -0.4 is 5.30 Å². The molecule has 64 heavy (non-hydrogen) atoms. The normalized spacial score (nSPS) is 11.3. The average molecular weight is 842 g/mol. The molecular weight excluding hydrogens is 798 g/mol. The summed E-state index contributed by atoms with van der Waals surface area (Å²) in [4.78, 5) is 15.3. The predicted octanol–water partition coefficient (Wildman–Crippen LogP) is 15.1. The van der Waals surface area contributed by atoms with Gasteiger partial charge in [-0.15, -0.1) is 0 Å². The van der Waals surface area contributed by atoms with Crippen molar-refractivity contribution in [1.29, 1.82) is 0 Å². The molecular formula is C59H44N3OP. The lowest BCUT2D eigenvalue weighted by Crippen LogP contribution is -2.02. The van der Waals surface area contributed by atoms with Crippen LogP contribution in [0.5, 0.6) is 0 Å². The van der Waals surface area contributed by atoms with Crippen molar-refractivity contribution in [2.24, 2.45) is 0 Å². The summed E-state index contributed by atoms with van der Waals surface area (Å²) in [5.41, 5.74) is 16.1.